The van der Waals surface area contributed by atoms with Crippen molar-refractivity contribution in [2.45, 2.75) is 13.0 Å². The van der Waals surface area contributed by atoms with E-state index >= 15 is 0 Å². The van der Waals surface area contributed by atoms with Gasteiger partial charge in [0.25, 0.3) is 0 Å². The standard InChI is InChI=1S/C9H13N3O5S/c1-6(7(4-10)5-11-16)12(2,8(13)14)18-9(15)17-3/h5-7H,1-3H3,(H-,13,14,16)/p+1. The van der Waals surface area contributed by atoms with Gasteiger partial charge in [0.2, 0.25) is 11.9 Å². The molecule has 0 aromatic carbocycles. The van der Waals surface area contributed by atoms with Crippen molar-refractivity contribution in [3.05, 3.63) is 0 Å². The molecule has 3 atom stereocenters. The Morgan fingerprint density at radius 2 is 2.17 bits per heavy atom. The number of rotatable bonds is 3. The quantitative estimate of drug-likeness (QED) is 0.200. The number of hydrogen-bond donors (Lipinski definition) is 2. The lowest BCUT2D eigenvalue weighted by Crippen LogP contribution is -2.53. The number of nitriles is 1. The third kappa shape index (κ3) is 3.61. The fourth-order valence-electron chi connectivity index (χ4n) is 1.13. The van der Waals surface area contributed by atoms with Gasteiger partial charge in [-0.2, -0.15) is 13.9 Å². The van der Waals surface area contributed by atoms with Gasteiger partial charge in [-0.1, -0.05) is 0 Å². The number of carbonyl (C=O) groups excluding carboxylic acids is 1. The third-order valence-electron chi connectivity index (χ3n) is 2.48. The molecule has 0 bridgehead atoms. The second-order valence-corrected chi connectivity index (χ2v) is 4.75. The lowest BCUT2D eigenvalue weighted by molar-refractivity contribution is -0.725. The number of carbonyl (C=O) groups is 2. The van der Waals surface area contributed by atoms with Crippen LogP contribution in [0, 0.1) is 17.2 Å². The molecule has 3 unspecified atom stereocenters. The minimum absolute atomic E-state index is 0.415. The van der Waals surface area contributed by atoms with Gasteiger partial charge < -0.3 is 15.1 Å². The Bertz CT molecular complexity index is 394. The van der Waals surface area contributed by atoms with E-state index in [4.69, 9.17) is 10.5 Å². The van der Waals surface area contributed by atoms with Gasteiger partial charge in [-0.05, 0) is 6.92 Å². The summed E-state index contributed by atoms with van der Waals surface area (Å²) in [5, 5.41) is 28.4. The third-order valence-corrected chi connectivity index (χ3v) is 3.67. The molecule has 0 aromatic heterocycles. The Kier molecular flexibility index (Phi) is 6.15. The molecule has 0 heterocycles. The van der Waals surface area contributed by atoms with Gasteiger partial charge in [0, 0.05) is 0 Å². The predicted octanol–water partition coefficient (Wildman–Crippen LogP) is 1.51. The number of oxime groups is 1. The van der Waals surface area contributed by atoms with Crippen LogP contribution in [0.15, 0.2) is 5.16 Å². The maximum atomic E-state index is 11.3. The molecule has 1 amide bonds. The first-order valence-electron chi connectivity index (χ1n) is 4.77. The summed E-state index contributed by atoms with van der Waals surface area (Å²) in [6.07, 6.45) is -0.397. The van der Waals surface area contributed by atoms with Crippen LogP contribution in [0.4, 0.5) is 9.59 Å². The minimum Gasteiger partial charge on any atom is -0.457 e. The summed E-state index contributed by atoms with van der Waals surface area (Å²) >= 11 is 0.415. The maximum absolute atomic E-state index is 11.3. The average molecular weight is 276 g/mol. The molecule has 0 aliphatic rings. The van der Waals surface area contributed by atoms with Crippen LogP contribution in [0.1, 0.15) is 6.92 Å². The number of quaternary nitrogens is 1. The Morgan fingerprint density at radius 3 is 2.50 bits per heavy atom. The number of amides is 1. The number of carboxylic acid groups (broad SMARTS) is 1. The number of nitrogens with zero attached hydrogens (tertiary/aromatic N) is 3. The van der Waals surface area contributed by atoms with Gasteiger partial charge in [-0.25, -0.2) is 4.79 Å². The van der Waals surface area contributed by atoms with E-state index in [1.54, 1.807) is 6.07 Å². The van der Waals surface area contributed by atoms with Crippen molar-refractivity contribution in [1.29, 1.82) is 5.26 Å². The molecule has 9 heteroatoms. The average Bonchev–Trinajstić information content (AvgIpc) is 2.34. The highest BCUT2D eigenvalue weighted by atomic mass is 32.2. The molecule has 8 nitrogen and oxygen atoms in total. The Hall–Kier alpha value is -1.79. The zero-order valence-electron chi connectivity index (χ0n) is 10.1. The summed E-state index contributed by atoms with van der Waals surface area (Å²) in [5.74, 6) is -0.965. The monoisotopic (exact) mass is 276 g/mol. The van der Waals surface area contributed by atoms with Gasteiger partial charge >= 0.3 is 11.4 Å². The lowest BCUT2D eigenvalue weighted by atomic mass is 10.0. The highest BCUT2D eigenvalue weighted by Gasteiger charge is 2.46. The molecular weight excluding hydrogens is 262 g/mol. The van der Waals surface area contributed by atoms with E-state index in [9.17, 15) is 14.7 Å². The Balaban J connectivity index is 5.28. The molecule has 100 valence electrons. The van der Waals surface area contributed by atoms with Crippen molar-refractivity contribution in [2.24, 2.45) is 11.1 Å². The summed E-state index contributed by atoms with van der Waals surface area (Å²) in [4.78, 5) is 22.5. The largest absolute Gasteiger partial charge is 0.525 e. The van der Waals surface area contributed by atoms with Crippen LogP contribution in [0.3, 0.4) is 0 Å². The first-order chi connectivity index (χ1) is 8.33. The van der Waals surface area contributed by atoms with Crippen molar-refractivity contribution < 1.29 is 28.5 Å². The highest BCUT2D eigenvalue weighted by Crippen LogP contribution is 2.30. The number of hydrogen-bond acceptors (Lipinski definition) is 7. The molecule has 18 heavy (non-hydrogen) atoms. The van der Waals surface area contributed by atoms with Crippen molar-refractivity contribution in [3.63, 3.8) is 0 Å². The van der Waals surface area contributed by atoms with Crippen LogP contribution in [0.2, 0.25) is 0 Å². The van der Waals surface area contributed by atoms with Gasteiger partial charge in [-0.3, -0.25) is 0 Å². The second kappa shape index (κ2) is 6.83. The summed E-state index contributed by atoms with van der Waals surface area (Å²) in [6, 6.07) is 0.974. The van der Waals surface area contributed by atoms with E-state index in [-0.39, 0.29) is 0 Å². The van der Waals surface area contributed by atoms with Crippen molar-refractivity contribution in [2.75, 3.05) is 14.2 Å². The zero-order valence-corrected chi connectivity index (χ0v) is 10.9. The fraction of sp³-hybridized carbons (Fsp3) is 0.556. The first kappa shape index (κ1) is 16.2. The summed E-state index contributed by atoms with van der Waals surface area (Å²) in [7, 11) is 2.38. The normalized spacial score (nSPS) is 17.4. The van der Waals surface area contributed by atoms with Gasteiger partial charge in [-0.15, -0.1) is 5.16 Å². The lowest BCUT2D eigenvalue weighted by Gasteiger charge is -2.31. The minimum atomic E-state index is -1.32. The molecule has 0 rings (SSSR count). The van der Waals surface area contributed by atoms with E-state index in [0.29, 0.717) is 11.9 Å². The van der Waals surface area contributed by atoms with Gasteiger partial charge in [0.15, 0.2) is 0 Å². The summed E-state index contributed by atoms with van der Waals surface area (Å²) in [6.45, 7) is 1.46. The molecule has 0 saturated carbocycles. The molecule has 0 saturated heterocycles. The Morgan fingerprint density at radius 1 is 1.61 bits per heavy atom. The SMILES string of the molecule is COC(=O)S[N+](C)(C(=O)O)C(C)C(C#N)C=NO. The first-order valence-corrected chi connectivity index (χ1v) is 5.55. The topological polar surface area (TPSA) is 120 Å². The predicted molar refractivity (Wildman–Crippen MR) is 63.0 cm³/mol. The second-order valence-electron chi connectivity index (χ2n) is 3.48. The zero-order chi connectivity index (χ0) is 14.3. The molecule has 0 aliphatic carbocycles. The molecule has 0 aliphatic heterocycles. The van der Waals surface area contributed by atoms with Crippen LogP contribution >= 0.6 is 11.9 Å². The molecular formula is C9H14N3O5S+. The van der Waals surface area contributed by atoms with E-state index in [0.717, 1.165) is 13.3 Å². The van der Waals surface area contributed by atoms with Crippen LogP contribution in [0.25, 0.3) is 0 Å². The molecule has 0 radical (unpaired) electrons. The molecule has 0 spiro atoms. The maximum Gasteiger partial charge on any atom is 0.525 e. The van der Waals surface area contributed by atoms with Crippen LogP contribution in [0.5, 0.6) is 0 Å². The van der Waals surface area contributed by atoms with Crippen molar-refractivity contribution in [3.8, 4) is 6.07 Å². The molecule has 2 N–H and O–H groups in total. The fourth-order valence-corrected chi connectivity index (χ4v) is 1.89. The molecule has 0 fully saturated rings. The van der Waals surface area contributed by atoms with Gasteiger partial charge in [0.1, 0.15) is 12.0 Å². The van der Waals surface area contributed by atoms with Crippen LogP contribution in [-0.2, 0) is 4.74 Å². The van der Waals surface area contributed by atoms with Crippen LogP contribution in [-0.4, -0.2) is 52.0 Å². The van der Waals surface area contributed by atoms with Gasteiger partial charge in [0.05, 0.1) is 26.4 Å². The van der Waals surface area contributed by atoms with Crippen molar-refractivity contribution >= 4 is 29.6 Å². The van der Waals surface area contributed by atoms with Crippen molar-refractivity contribution in [1.82, 2.24) is 0 Å². The Labute approximate surface area is 108 Å². The van der Waals surface area contributed by atoms with Crippen LogP contribution < -0.4 is 0 Å². The number of methoxy groups -OCH3 is 1. The summed E-state index contributed by atoms with van der Waals surface area (Å²) < 4.78 is 3.58. The van der Waals surface area contributed by atoms with E-state index in [1.807, 2.05) is 0 Å². The number of ether oxygens (including phenoxy) is 1. The molecule has 0 aromatic rings. The smallest absolute Gasteiger partial charge is 0.457 e. The van der Waals surface area contributed by atoms with E-state index in [2.05, 4.69) is 9.89 Å². The van der Waals surface area contributed by atoms with E-state index in [1.165, 1.54) is 14.0 Å². The highest BCUT2D eigenvalue weighted by molar-refractivity contribution is 8.08. The van der Waals surface area contributed by atoms with E-state index < -0.39 is 27.2 Å². The summed E-state index contributed by atoms with van der Waals surface area (Å²) in [5.41, 5.74) is 0.